The van der Waals surface area contributed by atoms with Crippen molar-refractivity contribution in [1.29, 1.82) is 0 Å². The number of nitrogens with one attached hydrogen (secondary N) is 1. The van der Waals surface area contributed by atoms with Gasteiger partial charge in [-0.05, 0) is 55.2 Å². The molecule has 0 aliphatic carbocycles. The zero-order chi connectivity index (χ0) is 20.1. The summed E-state index contributed by atoms with van der Waals surface area (Å²) in [7, 11) is 0. The smallest absolute Gasteiger partial charge is 0.236 e. The molecule has 27 heavy (non-hydrogen) atoms. The summed E-state index contributed by atoms with van der Waals surface area (Å²) in [4.78, 5) is 11.9. The highest BCUT2D eigenvalue weighted by atomic mass is 35.5. The van der Waals surface area contributed by atoms with E-state index in [1.807, 2.05) is 36.4 Å². The number of carbonyl (C=O) groups excluding carboxylic acids is 1. The molecule has 1 amide bonds. The van der Waals surface area contributed by atoms with Crippen molar-refractivity contribution in [2.45, 2.75) is 44.6 Å². The van der Waals surface area contributed by atoms with Crippen LogP contribution in [-0.2, 0) is 11.2 Å². The van der Waals surface area contributed by atoms with Crippen LogP contribution in [0.1, 0.15) is 19.4 Å². The fourth-order valence-electron chi connectivity index (χ4n) is 2.72. The van der Waals surface area contributed by atoms with Crippen molar-refractivity contribution in [2.75, 3.05) is 0 Å². The largest absolute Gasteiger partial charge is 0.391 e. The Morgan fingerprint density at radius 3 is 2.07 bits per heavy atom. The van der Waals surface area contributed by atoms with Gasteiger partial charge in [0.1, 0.15) is 6.10 Å². The average molecular weight is 411 g/mol. The number of carbonyl (C=O) groups is 1. The van der Waals surface area contributed by atoms with Crippen molar-refractivity contribution in [2.24, 2.45) is 5.73 Å². The maximum Gasteiger partial charge on any atom is 0.236 e. The summed E-state index contributed by atoms with van der Waals surface area (Å²) in [5.74, 6) is -0.384. The second kappa shape index (κ2) is 9.53. The monoisotopic (exact) mass is 410 g/mol. The highest BCUT2D eigenvalue weighted by Crippen LogP contribution is 2.27. The minimum absolute atomic E-state index is 0.348. The lowest BCUT2D eigenvalue weighted by molar-refractivity contribution is -0.124. The highest BCUT2D eigenvalue weighted by Gasteiger charge is 2.26. The van der Waals surface area contributed by atoms with Crippen LogP contribution in [0.4, 0.5) is 0 Å². The van der Waals surface area contributed by atoms with Crippen LogP contribution in [-0.4, -0.2) is 40.4 Å². The summed E-state index contributed by atoms with van der Waals surface area (Å²) in [5, 5.41) is 23.8. The van der Waals surface area contributed by atoms with Gasteiger partial charge in [0.05, 0.1) is 18.2 Å². The van der Waals surface area contributed by atoms with Crippen molar-refractivity contribution in [3.8, 4) is 11.1 Å². The van der Waals surface area contributed by atoms with Crippen LogP contribution in [0.15, 0.2) is 42.5 Å². The second-order valence-electron chi connectivity index (χ2n) is 6.69. The van der Waals surface area contributed by atoms with Gasteiger partial charge < -0.3 is 21.3 Å². The van der Waals surface area contributed by atoms with Crippen LogP contribution >= 0.6 is 23.2 Å². The number of aliphatic hydroxyl groups is 2. The van der Waals surface area contributed by atoms with Gasteiger partial charge in [0, 0.05) is 10.0 Å². The Morgan fingerprint density at radius 1 is 1.04 bits per heavy atom. The van der Waals surface area contributed by atoms with Gasteiger partial charge in [0.2, 0.25) is 5.91 Å². The predicted octanol–water partition coefficient (Wildman–Crippen LogP) is 2.78. The molecule has 0 fully saturated rings. The summed E-state index contributed by atoms with van der Waals surface area (Å²) in [6.45, 7) is 3.04. The van der Waals surface area contributed by atoms with Crippen LogP contribution in [0.2, 0.25) is 10.0 Å². The number of halogens is 2. The van der Waals surface area contributed by atoms with Gasteiger partial charge in [0.15, 0.2) is 0 Å². The first kappa shape index (κ1) is 21.7. The van der Waals surface area contributed by atoms with E-state index in [1.165, 1.54) is 6.92 Å². The van der Waals surface area contributed by atoms with Gasteiger partial charge in [-0.2, -0.15) is 0 Å². The lowest BCUT2D eigenvalue weighted by Crippen LogP contribution is -2.52. The molecule has 0 aliphatic heterocycles. The van der Waals surface area contributed by atoms with E-state index in [0.717, 1.165) is 16.7 Å². The van der Waals surface area contributed by atoms with Crippen molar-refractivity contribution >= 4 is 29.1 Å². The SMILES string of the molecule is CC(O)C(O)C(Cc1ccc(-c2cc(Cl)cc(Cl)c2)cc1)NC(=O)[C@H](C)N. The standard InChI is InChI=1S/C20H24Cl2N2O3/c1-11(23)20(27)24-18(19(26)12(2)25)7-13-3-5-14(6-4-13)15-8-16(21)10-17(22)9-15/h3-6,8-12,18-19,25-26H,7,23H2,1-2H3,(H,24,27)/t11-,12?,18?,19?/m0/s1. The average Bonchev–Trinajstić information content (AvgIpc) is 2.60. The summed E-state index contributed by atoms with van der Waals surface area (Å²) in [6.07, 6.45) is -1.75. The molecule has 3 unspecified atom stereocenters. The van der Waals surface area contributed by atoms with Gasteiger partial charge >= 0.3 is 0 Å². The highest BCUT2D eigenvalue weighted by molar-refractivity contribution is 6.35. The summed E-state index contributed by atoms with van der Waals surface area (Å²) in [6, 6.07) is 11.6. The first-order valence-electron chi connectivity index (χ1n) is 8.65. The van der Waals surface area contributed by atoms with Crippen molar-refractivity contribution in [1.82, 2.24) is 5.32 Å². The van der Waals surface area contributed by atoms with Crippen LogP contribution in [0.25, 0.3) is 11.1 Å². The summed E-state index contributed by atoms with van der Waals surface area (Å²) in [5.41, 5.74) is 8.31. The molecule has 0 bridgehead atoms. The van der Waals surface area contributed by atoms with Crippen molar-refractivity contribution in [3.63, 3.8) is 0 Å². The summed E-state index contributed by atoms with van der Waals surface area (Å²) < 4.78 is 0. The first-order valence-corrected chi connectivity index (χ1v) is 9.40. The minimum atomic E-state index is -1.11. The topological polar surface area (TPSA) is 95.6 Å². The second-order valence-corrected chi connectivity index (χ2v) is 7.57. The molecule has 2 aromatic carbocycles. The van der Waals surface area contributed by atoms with Gasteiger partial charge in [0.25, 0.3) is 0 Å². The zero-order valence-electron chi connectivity index (χ0n) is 15.2. The van der Waals surface area contributed by atoms with E-state index in [1.54, 1.807) is 13.0 Å². The fourth-order valence-corrected chi connectivity index (χ4v) is 3.24. The zero-order valence-corrected chi connectivity index (χ0v) is 16.7. The Balaban J connectivity index is 2.19. The molecule has 0 aliphatic rings. The predicted molar refractivity (Wildman–Crippen MR) is 109 cm³/mol. The third kappa shape index (κ3) is 6.19. The molecule has 7 heteroatoms. The molecule has 2 rings (SSSR count). The quantitative estimate of drug-likeness (QED) is 0.564. The Labute approximate surface area is 169 Å². The molecule has 2 aromatic rings. The maximum atomic E-state index is 11.9. The molecule has 0 heterocycles. The molecule has 4 atom stereocenters. The lowest BCUT2D eigenvalue weighted by Gasteiger charge is -2.27. The first-order chi connectivity index (χ1) is 12.7. The van der Waals surface area contributed by atoms with Crippen LogP contribution < -0.4 is 11.1 Å². The fraction of sp³-hybridized carbons (Fsp3) is 0.350. The molecule has 0 aromatic heterocycles. The minimum Gasteiger partial charge on any atom is -0.391 e. The normalized spacial score (nSPS) is 15.7. The molecular formula is C20H24Cl2N2O3. The van der Waals surface area contributed by atoms with E-state index < -0.39 is 24.3 Å². The van der Waals surface area contributed by atoms with E-state index in [0.29, 0.717) is 16.5 Å². The third-order valence-electron chi connectivity index (χ3n) is 4.25. The maximum absolute atomic E-state index is 11.9. The Kier molecular flexibility index (Phi) is 7.65. The Morgan fingerprint density at radius 2 is 1.59 bits per heavy atom. The van der Waals surface area contributed by atoms with E-state index in [9.17, 15) is 15.0 Å². The molecule has 5 N–H and O–H groups in total. The van der Waals surface area contributed by atoms with E-state index in [-0.39, 0.29) is 5.91 Å². The van der Waals surface area contributed by atoms with Gasteiger partial charge in [-0.1, -0.05) is 47.5 Å². The number of hydrogen-bond acceptors (Lipinski definition) is 4. The molecule has 0 radical (unpaired) electrons. The molecule has 0 saturated heterocycles. The van der Waals surface area contributed by atoms with Crippen molar-refractivity contribution in [3.05, 3.63) is 58.1 Å². The number of amides is 1. The number of hydrogen-bond donors (Lipinski definition) is 4. The number of aliphatic hydroxyl groups excluding tert-OH is 2. The van der Waals surface area contributed by atoms with Gasteiger partial charge in [-0.25, -0.2) is 0 Å². The number of nitrogens with two attached hydrogens (primary N) is 1. The van der Waals surface area contributed by atoms with E-state index in [2.05, 4.69) is 5.32 Å². The molecule has 146 valence electrons. The molecule has 0 spiro atoms. The van der Waals surface area contributed by atoms with E-state index >= 15 is 0 Å². The van der Waals surface area contributed by atoms with Crippen LogP contribution in [0, 0.1) is 0 Å². The molecule has 5 nitrogen and oxygen atoms in total. The van der Waals surface area contributed by atoms with Crippen molar-refractivity contribution < 1.29 is 15.0 Å². The van der Waals surface area contributed by atoms with Crippen LogP contribution in [0.5, 0.6) is 0 Å². The van der Waals surface area contributed by atoms with Gasteiger partial charge in [-0.15, -0.1) is 0 Å². The van der Waals surface area contributed by atoms with Crippen LogP contribution in [0.3, 0.4) is 0 Å². The number of rotatable bonds is 7. The summed E-state index contributed by atoms with van der Waals surface area (Å²) >= 11 is 12.1. The Hall–Kier alpha value is -1.63. The Bertz CT molecular complexity index is 759. The van der Waals surface area contributed by atoms with Gasteiger partial charge in [-0.3, -0.25) is 4.79 Å². The molecule has 0 saturated carbocycles. The molecular weight excluding hydrogens is 387 g/mol. The lowest BCUT2D eigenvalue weighted by atomic mass is 9.96. The van der Waals surface area contributed by atoms with E-state index in [4.69, 9.17) is 28.9 Å². The number of benzene rings is 2. The third-order valence-corrected chi connectivity index (χ3v) is 4.69.